The van der Waals surface area contributed by atoms with Gasteiger partial charge in [-0.2, -0.15) is 0 Å². The first-order valence-corrected chi connectivity index (χ1v) is 35.4. The number of rotatable bonds is 18. The van der Waals surface area contributed by atoms with E-state index in [1.165, 1.54) is 41.3 Å². The summed E-state index contributed by atoms with van der Waals surface area (Å²) in [5.41, 5.74) is 49.6. The summed E-state index contributed by atoms with van der Waals surface area (Å²) in [6, 6.07) is 42.5. The van der Waals surface area contributed by atoms with Gasteiger partial charge in [-0.05, 0) is 123 Å². The van der Waals surface area contributed by atoms with Crippen molar-refractivity contribution in [1.82, 2.24) is 34.5 Å². The fourth-order valence-electron chi connectivity index (χ4n) is 9.33. The van der Waals surface area contributed by atoms with Gasteiger partial charge in [0.1, 0.15) is 74.0 Å². The number of carbonyl (C=O) groups excluding carboxylic acids is 5. The van der Waals surface area contributed by atoms with Crippen molar-refractivity contribution < 1.29 is 106 Å². The number of hydrogen-bond donors (Lipinski definition) is 13. The maximum Gasteiger partial charge on any atom is 1.00 e. The maximum atomic E-state index is 11.9. The van der Waals surface area contributed by atoms with Gasteiger partial charge >= 0.3 is 65.7 Å². The van der Waals surface area contributed by atoms with Gasteiger partial charge in [-0.15, -0.1) is 6.61 Å². The van der Waals surface area contributed by atoms with Crippen LogP contribution < -0.4 is 136 Å². The first kappa shape index (κ1) is 93.4. The number of aromatic amines is 1. The summed E-state index contributed by atoms with van der Waals surface area (Å²) in [5, 5.41) is 19.2. The molecule has 5 amide bonds. The number of nitrogens with two attached hydrogens (primary N) is 8. The van der Waals surface area contributed by atoms with Crippen molar-refractivity contribution in [3.05, 3.63) is 193 Å². The summed E-state index contributed by atoms with van der Waals surface area (Å²) in [5.74, 6) is 5.09. The first-order valence-electron chi connectivity index (χ1n) is 35.4. The largest absolute Gasteiger partial charge is 1.00 e. The number of ether oxygens (including phenoxy) is 10. The molecule has 0 saturated heterocycles. The molecule has 0 unspecified atom stereocenters. The predicted molar refractivity (Wildman–Crippen MR) is 443 cm³/mol. The molecule has 0 radical (unpaired) electrons. The molecule has 0 spiro atoms. The number of aromatic nitrogens is 7. The van der Waals surface area contributed by atoms with E-state index in [1.807, 2.05) is 0 Å². The van der Waals surface area contributed by atoms with Gasteiger partial charge < -0.3 is 98.3 Å². The fraction of sp³-hybridized carbons (Fsp3) is 0.228. The number of nitrogens with one attached hydrogen (secondary N) is 5. The Labute approximate surface area is 696 Å². The number of nitrogen functional groups attached to an aromatic ring is 8. The van der Waals surface area contributed by atoms with Crippen LogP contribution in [0.15, 0.2) is 187 Å². The van der Waals surface area contributed by atoms with E-state index >= 15 is 0 Å². The van der Waals surface area contributed by atoms with E-state index in [2.05, 4.69) is 51.2 Å². The number of fused-ring (bicyclic) bond motifs is 1. The molecule has 0 atom stereocenters. The molecule has 6 aromatic heterocycles. The normalized spacial score (nSPS) is 10.3. The second-order valence-corrected chi connectivity index (χ2v) is 25.6. The minimum Gasteiger partial charge on any atom is -0.855 e. The third-order valence-electron chi connectivity index (χ3n) is 14.1. The number of H-pyrrole nitrogens is 1. The molecule has 0 fully saturated rings. The Morgan fingerprint density at radius 3 is 1.20 bits per heavy atom. The van der Waals surface area contributed by atoms with Crippen molar-refractivity contribution in [2.75, 3.05) is 106 Å². The van der Waals surface area contributed by atoms with Crippen LogP contribution in [-0.2, 0) is 30.7 Å². The molecule has 21 N–H and O–H groups in total. The molecule has 38 heteroatoms. The zero-order valence-electron chi connectivity index (χ0n) is 66.8. The number of carbonyl (C=O) groups is 5. The molecule has 0 aliphatic carbocycles. The predicted octanol–water partition coefficient (Wildman–Crippen LogP) is 11.0. The number of aryl methyl sites for hydroxylation is 1. The fourth-order valence-corrected chi connectivity index (χ4v) is 9.33. The molecular formula is C79H95N20NaO17. The van der Waals surface area contributed by atoms with E-state index in [0.717, 1.165) is 0 Å². The van der Waals surface area contributed by atoms with Crippen molar-refractivity contribution in [3.8, 4) is 57.5 Å². The number of benzene rings is 5. The molecular weight excluding hydrogens is 1520 g/mol. The number of pyridine rings is 5. The van der Waals surface area contributed by atoms with Crippen molar-refractivity contribution >= 4 is 116 Å². The molecule has 11 aromatic rings. The second kappa shape index (κ2) is 45.5. The molecule has 6 heterocycles. The summed E-state index contributed by atoms with van der Waals surface area (Å²) in [6.45, 7) is 18.1. The van der Waals surface area contributed by atoms with Crippen LogP contribution in [0.25, 0.3) is 11.2 Å². The Morgan fingerprint density at radius 1 is 0.444 bits per heavy atom. The quantitative estimate of drug-likeness (QED) is 0.0216. The van der Waals surface area contributed by atoms with Gasteiger partial charge in [-0.3, -0.25) is 35.7 Å². The zero-order valence-corrected chi connectivity index (χ0v) is 68.8. The van der Waals surface area contributed by atoms with Crippen molar-refractivity contribution in [1.29, 1.82) is 0 Å². The van der Waals surface area contributed by atoms with E-state index in [4.69, 9.17) is 98.3 Å². The average Bonchev–Trinajstić information content (AvgIpc) is 1.65. The van der Waals surface area contributed by atoms with Crippen LogP contribution in [0, 0.1) is 0 Å². The standard InChI is InChI=1S/C19H24N4O5.C16H20N4O3.C15H18N4O3.C14H16N4O3.C13H12N4O2.C2H5O.Na/c1-5-26-17(24)23-15-14(9-10-21-16(15)20)27-13-8-6-7-12(11-13)22-18(25)28-19(2,3)4;1-16(2,3)23-15(21)20-10-5-4-6-11(9-10)22-12-7-8-19-14(18)13(12)17;1-3-21-15(20)19(2)13-12(7-8-18-14(13)17)22-11-6-4-5-10(16)9-11;1-2-20-14(19)18-12-11(6-7-17-13(12)16)21-10-5-3-4-9(15)8-10;1-17-11-10(5-6-15-12(11)16-13(17)18)19-9-4-2-3-8(14)7-9;1-2-3;/h6-11H,5H2,1-4H3,(H2,20,21)(H,22,25)(H,23,24);4-9H,17H2,1-3H3,(H2,18,19)(H,20,21);4-9H,3,16H2,1-2H3,(H2,17,18);3-8H,2,15H2,1H3,(H2,16,17)(H,18,19);2-7H,14H2,1H3,(H,15,16,18);2H2,1H3;/q;;;;;-1;+1. The molecule has 5 aromatic carbocycles. The number of imidazole rings is 1. The van der Waals surface area contributed by atoms with Crippen molar-refractivity contribution in [2.24, 2.45) is 7.05 Å². The van der Waals surface area contributed by atoms with Crippen molar-refractivity contribution in [3.63, 3.8) is 0 Å². The Balaban J connectivity index is 0.000000259. The molecule has 0 aliphatic heterocycles. The summed E-state index contributed by atoms with van der Waals surface area (Å²) in [4.78, 5) is 94.2. The molecule has 0 aliphatic rings. The molecule has 0 saturated carbocycles. The van der Waals surface area contributed by atoms with Crippen LogP contribution in [0.3, 0.4) is 0 Å². The van der Waals surface area contributed by atoms with E-state index in [-0.39, 0.29) is 108 Å². The topological polar surface area (TPSA) is 562 Å². The Bertz CT molecular complexity index is 5180. The smallest absolute Gasteiger partial charge is 0.855 e. The first-order chi connectivity index (χ1) is 55.1. The van der Waals surface area contributed by atoms with Gasteiger partial charge in [-0.25, -0.2) is 53.7 Å². The summed E-state index contributed by atoms with van der Waals surface area (Å²) in [7, 11) is 3.20. The van der Waals surface area contributed by atoms with Crippen LogP contribution >= 0.6 is 0 Å². The number of amides is 5. The third-order valence-corrected chi connectivity index (χ3v) is 14.1. The molecule has 614 valence electrons. The minimum atomic E-state index is -0.674. The van der Waals surface area contributed by atoms with Gasteiger partial charge in [0, 0.05) is 134 Å². The van der Waals surface area contributed by atoms with E-state index in [0.29, 0.717) is 97.0 Å². The van der Waals surface area contributed by atoms with E-state index < -0.39 is 41.7 Å². The SMILES string of the molecule is CC(C)(C)OC(=O)Nc1cccc(Oc2ccnc(N)c2N)c1.CCOC(=O)N(C)c1c(Oc2cccc(N)c2)ccnc1N.CCOC(=O)Nc1c(Oc2cccc(N)c2)ccnc1N.CCOC(=O)Nc1c(Oc2cccc(NC(=O)OC(C)(C)C)c2)ccnc1N.CC[O-].Cn1c(=O)[nH]c2nccc(Oc3cccc(N)c3)c21.[Na+]. The van der Waals surface area contributed by atoms with Gasteiger partial charge in [0.05, 0.1) is 19.8 Å². The summed E-state index contributed by atoms with van der Waals surface area (Å²) < 4.78 is 55.2. The minimum absolute atomic E-state index is 0. The molecule has 11 rings (SSSR count). The van der Waals surface area contributed by atoms with E-state index in [9.17, 15) is 28.8 Å². The second-order valence-electron chi connectivity index (χ2n) is 25.6. The monoisotopic (exact) mass is 1620 g/mol. The van der Waals surface area contributed by atoms with Crippen LogP contribution in [0.2, 0.25) is 0 Å². The van der Waals surface area contributed by atoms with Crippen LogP contribution in [0.1, 0.15) is 69.2 Å². The average molecular weight is 1620 g/mol. The Kier molecular flexibility index (Phi) is 36.3. The van der Waals surface area contributed by atoms with Gasteiger partial charge in [0.15, 0.2) is 51.8 Å². The van der Waals surface area contributed by atoms with Gasteiger partial charge in [0.25, 0.3) is 0 Å². The summed E-state index contributed by atoms with van der Waals surface area (Å²) >= 11 is 0. The van der Waals surface area contributed by atoms with Crippen molar-refractivity contribution in [2.45, 2.75) is 80.4 Å². The number of nitrogens with zero attached hydrogens (tertiary/aromatic N) is 7. The third kappa shape index (κ3) is 31.0. The number of anilines is 13. The summed E-state index contributed by atoms with van der Waals surface area (Å²) in [6.07, 6.45) is 4.55. The van der Waals surface area contributed by atoms with Crippen LogP contribution in [-0.4, -0.2) is 110 Å². The van der Waals surface area contributed by atoms with Gasteiger partial charge in [-0.1, -0.05) is 37.3 Å². The zero-order chi connectivity index (χ0) is 85.2. The van der Waals surface area contributed by atoms with Gasteiger partial charge in [0.2, 0.25) is 0 Å². The molecule has 117 heavy (non-hydrogen) atoms. The van der Waals surface area contributed by atoms with Crippen LogP contribution in [0.5, 0.6) is 57.5 Å². The molecule has 0 bridgehead atoms. The number of hydrogen-bond acceptors (Lipinski definition) is 30. The van der Waals surface area contributed by atoms with Crippen LogP contribution in [0.4, 0.5) is 98.4 Å². The Hall–Kier alpha value is -14.2. The van der Waals surface area contributed by atoms with E-state index in [1.54, 1.807) is 234 Å². The Morgan fingerprint density at radius 2 is 0.786 bits per heavy atom. The maximum absolute atomic E-state index is 11.9. The molecule has 37 nitrogen and oxygen atoms in total.